The third-order valence-electron chi connectivity index (χ3n) is 2.88. The van der Waals surface area contributed by atoms with Crippen molar-refractivity contribution < 1.29 is 0 Å². The fourth-order valence-corrected chi connectivity index (χ4v) is 2.08. The molecule has 0 radical (unpaired) electrons. The van der Waals surface area contributed by atoms with Gasteiger partial charge in [-0.25, -0.2) is 0 Å². The van der Waals surface area contributed by atoms with Crippen molar-refractivity contribution >= 4 is 22.4 Å². The Labute approximate surface area is 108 Å². The number of nitrogens with one attached hydrogen (secondary N) is 1. The molecule has 90 valence electrons. The minimum atomic E-state index is 0.726. The number of hydrogen-bond donors (Lipinski definition) is 1. The van der Waals surface area contributed by atoms with Crippen molar-refractivity contribution in [2.45, 2.75) is 19.9 Å². The van der Waals surface area contributed by atoms with Crippen molar-refractivity contribution in [1.29, 1.82) is 0 Å². The molecule has 0 aromatic heterocycles. The Bertz CT molecular complexity index is 493. The predicted octanol–water partition coefficient (Wildman–Crippen LogP) is 3.87. The molecule has 0 bridgehead atoms. The average molecular weight is 248 g/mol. The lowest BCUT2D eigenvalue weighted by Gasteiger charge is -2.06. The maximum atomic E-state index is 5.64. The number of hydrogen-bond acceptors (Lipinski definition) is 1. The molecule has 0 atom stereocenters. The van der Waals surface area contributed by atoms with Gasteiger partial charge in [0.1, 0.15) is 0 Å². The fraction of sp³-hybridized carbons (Fsp3) is 0.333. The summed E-state index contributed by atoms with van der Waals surface area (Å²) in [5, 5.41) is 6.02. The first-order valence-corrected chi connectivity index (χ1v) is 6.59. The Balaban J connectivity index is 2.07. The number of rotatable bonds is 5. The molecule has 0 aliphatic rings. The lowest BCUT2D eigenvalue weighted by Crippen LogP contribution is -2.14. The zero-order valence-corrected chi connectivity index (χ0v) is 10.9. The van der Waals surface area contributed by atoms with Gasteiger partial charge in [0.15, 0.2) is 0 Å². The lowest BCUT2D eigenvalue weighted by molar-refractivity contribution is 0.678. The summed E-state index contributed by atoms with van der Waals surface area (Å²) in [6, 6.07) is 13.2. The van der Waals surface area contributed by atoms with Crippen LogP contribution < -0.4 is 5.32 Å². The molecule has 0 saturated carbocycles. The molecule has 0 aliphatic carbocycles. The van der Waals surface area contributed by atoms with Crippen molar-refractivity contribution in [2.75, 3.05) is 12.4 Å². The van der Waals surface area contributed by atoms with Gasteiger partial charge < -0.3 is 5.32 Å². The average Bonchev–Trinajstić information content (AvgIpc) is 2.35. The van der Waals surface area contributed by atoms with Crippen LogP contribution in [0.25, 0.3) is 10.8 Å². The van der Waals surface area contributed by atoms with Gasteiger partial charge in [-0.1, -0.05) is 35.9 Å². The van der Waals surface area contributed by atoms with E-state index in [1.165, 1.54) is 21.9 Å². The van der Waals surface area contributed by atoms with E-state index >= 15 is 0 Å². The van der Waals surface area contributed by atoms with Crippen LogP contribution in [-0.2, 0) is 6.54 Å². The van der Waals surface area contributed by atoms with Crippen LogP contribution in [0.1, 0.15) is 17.5 Å². The molecule has 1 nitrogen and oxygen atoms in total. The van der Waals surface area contributed by atoms with Crippen LogP contribution in [0.2, 0.25) is 0 Å². The third-order valence-corrected chi connectivity index (χ3v) is 3.14. The maximum absolute atomic E-state index is 5.64. The van der Waals surface area contributed by atoms with E-state index in [1.807, 2.05) is 0 Å². The molecule has 2 rings (SSSR count). The van der Waals surface area contributed by atoms with Gasteiger partial charge >= 0.3 is 0 Å². The first-order valence-electron chi connectivity index (χ1n) is 6.05. The molecular formula is C15H18ClN. The molecule has 2 aromatic carbocycles. The summed E-state index contributed by atoms with van der Waals surface area (Å²) in [4.78, 5) is 0. The number of fused-ring (bicyclic) bond motifs is 1. The SMILES string of the molecule is Cc1ccc2cc(CNCCCCl)ccc2c1. The fourth-order valence-electron chi connectivity index (χ4n) is 1.95. The zero-order chi connectivity index (χ0) is 12.1. The van der Waals surface area contributed by atoms with E-state index in [2.05, 4.69) is 48.6 Å². The Kier molecular flexibility index (Phi) is 4.41. The van der Waals surface area contributed by atoms with E-state index in [4.69, 9.17) is 11.6 Å². The van der Waals surface area contributed by atoms with Crippen LogP contribution >= 0.6 is 11.6 Å². The molecule has 2 heteroatoms. The highest BCUT2D eigenvalue weighted by atomic mass is 35.5. The van der Waals surface area contributed by atoms with Crippen molar-refractivity contribution in [1.82, 2.24) is 5.32 Å². The highest BCUT2D eigenvalue weighted by molar-refractivity contribution is 6.17. The maximum Gasteiger partial charge on any atom is 0.0235 e. The van der Waals surface area contributed by atoms with Crippen LogP contribution in [0.3, 0.4) is 0 Å². The van der Waals surface area contributed by atoms with E-state index < -0.39 is 0 Å². The van der Waals surface area contributed by atoms with E-state index in [0.29, 0.717) is 0 Å². The van der Waals surface area contributed by atoms with Gasteiger partial charge in [-0.3, -0.25) is 0 Å². The van der Waals surface area contributed by atoms with Crippen molar-refractivity contribution in [3.63, 3.8) is 0 Å². The van der Waals surface area contributed by atoms with Gasteiger partial charge in [0.2, 0.25) is 0 Å². The summed E-state index contributed by atoms with van der Waals surface area (Å²) < 4.78 is 0. The van der Waals surface area contributed by atoms with E-state index in [1.54, 1.807) is 0 Å². The van der Waals surface area contributed by atoms with Gasteiger partial charge in [-0.2, -0.15) is 0 Å². The zero-order valence-electron chi connectivity index (χ0n) is 10.2. The number of halogens is 1. The van der Waals surface area contributed by atoms with E-state index in [0.717, 1.165) is 25.4 Å². The van der Waals surface area contributed by atoms with Crippen LogP contribution in [0, 0.1) is 6.92 Å². The number of benzene rings is 2. The largest absolute Gasteiger partial charge is 0.313 e. The Morgan fingerprint density at radius 1 is 1.06 bits per heavy atom. The molecule has 0 amide bonds. The number of alkyl halides is 1. The van der Waals surface area contributed by atoms with E-state index in [-0.39, 0.29) is 0 Å². The molecule has 0 unspecified atom stereocenters. The Morgan fingerprint density at radius 2 is 1.82 bits per heavy atom. The third kappa shape index (κ3) is 3.45. The second-order valence-corrected chi connectivity index (χ2v) is 4.78. The van der Waals surface area contributed by atoms with E-state index in [9.17, 15) is 0 Å². The van der Waals surface area contributed by atoms with Crippen LogP contribution in [0.4, 0.5) is 0 Å². The summed E-state index contributed by atoms with van der Waals surface area (Å²) >= 11 is 5.64. The molecule has 0 spiro atoms. The second-order valence-electron chi connectivity index (χ2n) is 4.40. The summed E-state index contributed by atoms with van der Waals surface area (Å²) in [7, 11) is 0. The first kappa shape index (κ1) is 12.4. The Hall–Kier alpha value is -1.05. The molecule has 0 saturated heterocycles. The van der Waals surface area contributed by atoms with Gasteiger partial charge in [-0.05, 0) is 42.3 Å². The van der Waals surface area contributed by atoms with Gasteiger partial charge in [0, 0.05) is 12.4 Å². The molecule has 1 N–H and O–H groups in total. The van der Waals surface area contributed by atoms with Crippen molar-refractivity contribution in [3.8, 4) is 0 Å². The van der Waals surface area contributed by atoms with Gasteiger partial charge in [0.05, 0.1) is 0 Å². The molecule has 2 aromatic rings. The summed E-state index contributed by atoms with van der Waals surface area (Å²) in [6.07, 6.45) is 1.02. The van der Waals surface area contributed by atoms with Crippen LogP contribution in [-0.4, -0.2) is 12.4 Å². The lowest BCUT2D eigenvalue weighted by atomic mass is 10.0. The van der Waals surface area contributed by atoms with Crippen LogP contribution in [0.5, 0.6) is 0 Å². The molecular weight excluding hydrogens is 230 g/mol. The quantitative estimate of drug-likeness (QED) is 0.625. The number of aryl methyl sites for hydroxylation is 1. The van der Waals surface area contributed by atoms with Crippen molar-refractivity contribution in [2.24, 2.45) is 0 Å². The molecule has 0 heterocycles. The van der Waals surface area contributed by atoms with Gasteiger partial charge in [0.25, 0.3) is 0 Å². The predicted molar refractivity (Wildman–Crippen MR) is 75.7 cm³/mol. The van der Waals surface area contributed by atoms with Crippen molar-refractivity contribution in [3.05, 3.63) is 47.5 Å². The van der Waals surface area contributed by atoms with Crippen LogP contribution in [0.15, 0.2) is 36.4 Å². The highest BCUT2D eigenvalue weighted by Crippen LogP contribution is 2.17. The second kappa shape index (κ2) is 6.04. The molecule has 17 heavy (non-hydrogen) atoms. The molecule has 0 aliphatic heterocycles. The summed E-state index contributed by atoms with van der Waals surface area (Å²) in [6.45, 7) is 4.03. The molecule has 0 fully saturated rings. The van der Waals surface area contributed by atoms with Gasteiger partial charge in [-0.15, -0.1) is 11.6 Å². The Morgan fingerprint density at radius 3 is 2.65 bits per heavy atom. The normalized spacial score (nSPS) is 10.9. The highest BCUT2D eigenvalue weighted by Gasteiger charge is 1.97. The smallest absolute Gasteiger partial charge is 0.0235 e. The first-order chi connectivity index (χ1) is 8.29. The standard InChI is InChI=1S/C15H18ClN/c1-12-3-5-15-10-13(4-6-14(15)9-12)11-17-8-2-7-16/h3-6,9-10,17H,2,7-8,11H2,1H3. The minimum Gasteiger partial charge on any atom is -0.313 e. The summed E-state index contributed by atoms with van der Waals surface area (Å²) in [5.41, 5.74) is 2.64. The monoisotopic (exact) mass is 247 g/mol. The summed E-state index contributed by atoms with van der Waals surface area (Å²) in [5.74, 6) is 0.726. The topological polar surface area (TPSA) is 12.0 Å². The minimum absolute atomic E-state index is 0.726.